The molecule has 1 aliphatic rings. The molecule has 0 aliphatic carbocycles. The minimum Gasteiger partial charge on any atom is -0.353 e. The second kappa shape index (κ2) is 8.37. The average Bonchev–Trinajstić information content (AvgIpc) is 2.54. The summed E-state index contributed by atoms with van der Waals surface area (Å²) < 4.78 is 0. The molecule has 1 aliphatic heterocycles. The summed E-state index contributed by atoms with van der Waals surface area (Å²) in [6.07, 6.45) is 7.15. The fourth-order valence-electron chi connectivity index (χ4n) is 2.58. The molecule has 0 saturated carbocycles. The van der Waals surface area contributed by atoms with Crippen LogP contribution in [0.5, 0.6) is 0 Å². The van der Waals surface area contributed by atoms with Crippen molar-refractivity contribution in [1.29, 1.82) is 0 Å². The van der Waals surface area contributed by atoms with E-state index in [1.165, 1.54) is 0 Å². The van der Waals surface area contributed by atoms with Crippen molar-refractivity contribution in [3.63, 3.8) is 0 Å². The Morgan fingerprint density at radius 3 is 2.27 bits per heavy atom. The van der Waals surface area contributed by atoms with Crippen LogP contribution in [0.15, 0.2) is 42.5 Å². The molecule has 4 nitrogen and oxygen atoms in total. The van der Waals surface area contributed by atoms with Crippen molar-refractivity contribution in [3.05, 3.63) is 48.0 Å². The number of nitrogens with one attached hydrogen (secondary N) is 2. The molecule has 1 aromatic carbocycles. The fourth-order valence-corrected chi connectivity index (χ4v) is 2.58. The first-order valence-electron chi connectivity index (χ1n) is 7.97. The fraction of sp³-hybridized carbons (Fsp3) is 0.444. The van der Waals surface area contributed by atoms with E-state index in [2.05, 4.69) is 29.7 Å². The average molecular weight is 300 g/mol. The van der Waals surface area contributed by atoms with Crippen LogP contribution in [-0.2, 0) is 9.59 Å². The highest BCUT2D eigenvalue weighted by atomic mass is 16.2. The zero-order valence-electron chi connectivity index (χ0n) is 13.0. The predicted molar refractivity (Wildman–Crippen MR) is 87.2 cm³/mol. The van der Waals surface area contributed by atoms with Crippen LogP contribution >= 0.6 is 0 Å². The van der Waals surface area contributed by atoms with E-state index in [-0.39, 0.29) is 36.7 Å². The predicted octanol–water partition coefficient (Wildman–Crippen LogP) is 2.87. The Morgan fingerprint density at radius 2 is 1.59 bits per heavy atom. The highest BCUT2D eigenvalue weighted by Crippen LogP contribution is 2.18. The molecular formula is C18H24N2O2. The molecule has 2 rings (SSSR count). The summed E-state index contributed by atoms with van der Waals surface area (Å²) in [7, 11) is 0. The standard InChI is InChI=1S/C18H24N2O2/c1-2-15-10-6-7-11-16(14-8-4-3-5-9-14)20-18(22)13-12-17(21)19-15/h3-9,15-16H,2,10-13H2,1H3,(H,19,21)(H,20,22)/b7-6-/t15-,16-/m1/s1. The highest BCUT2D eigenvalue weighted by molar-refractivity contribution is 5.84. The molecule has 0 bridgehead atoms. The highest BCUT2D eigenvalue weighted by Gasteiger charge is 2.16. The number of hydrogen-bond donors (Lipinski definition) is 2. The van der Waals surface area contributed by atoms with Gasteiger partial charge >= 0.3 is 0 Å². The number of carbonyl (C=O) groups is 2. The lowest BCUT2D eigenvalue weighted by atomic mass is 10.0. The van der Waals surface area contributed by atoms with Crippen molar-refractivity contribution in [1.82, 2.24) is 10.6 Å². The van der Waals surface area contributed by atoms with Crippen LogP contribution < -0.4 is 10.6 Å². The second-order valence-electron chi connectivity index (χ2n) is 5.65. The first kappa shape index (κ1) is 16.3. The summed E-state index contributed by atoms with van der Waals surface area (Å²) in [5, 5.41) is 6.00. The third kappa shape index (κ3) is 5.02. The van der Waals surface area contributed by atoms with Gasteiger partial charge in [-0.25, -0.2) is 0 Å². The van der Waals surface area contributed by atoms with Gasteiger partial charge in [0, 0.05) is 18.9 Å². The van der Waals surface area contributed by atoms with Gasteiger partial charge in [0.1, 0.15) is 0 Å². The normalized spacial score (nSPS) is 25.3. The molecule has 0 radical (unpaired) electrons. The molecule has 0 aromatic heterocycles. The van der Waals surface area contributed by atoms with Crippen LogP contribution in [0, 0.1) is 0 Å². The van der Waals surface area contributed by atoms with E-state index in [0.717, 1.165) is 24.8 Å². The summed E-state index contributed by atoms with van der Waals surface area (Å²) in [6.45, 7) is 2.06. The molecule has 2 atom stereocenters. The molecule has 22 heavy (non-hydrogen) atoms. The number of rotatable bonds is 2. The summed E-state index contributed by atoms with van der Waals surface area (Å²) in [5.41, 5.74) is 1.09. The molecule has 1 aromatic rings. The Kier molecular flexibility index (Phi) is 6.19. The maximum Gasteiger partial charge on any atom is 0.221 e. The Morgan fingerprint density at radius 1 is 0.955 bits per heavy atom. The van der Waals surface area contributed by atoms with Gasteiger partial charge in [-0.3, -0.25) is 9.59 Å². The van der Waals surface area contributed by atoms with Crippen LogP contribution in [-0.4, -0.2) is 17.9 Å². The molecule has 2 N–H and O–H groups in total. The van der Waals surface area contributed by atoms with Gasteiger partial charge in [0.2, 0.25) is 11.8 Å². The van der Waals surface area contributed by atoms with Gasteiger partial charge in [0.25, 0.3) is 0 Å². The van der Waals surface area contributed by atoms with Crippen LogP contribution in [0.25, 0.3) is 0 Å². The molecule has 4 heteroatoms. The van der Waals surface area contributed by atoms with E-state index >= 15 is 0 Å². The zero-order chi connectivity index (χ0) is 15.8. The maximum absolute atomic E-state index is 12.1. The van der Waals surface area contributed by atoms with Crippen molar-refractivity contribution < 1.29 is 9.59 Å². The Bertz CT molecular complexity index is 525. The van der Waals surface area contributed by atoms with Crippen molar-refractivity contribution in [2.75, 3.05) is 0 Å². The molecular weight excluding hydrogens is 276 g/mol. The third-order valence-corrected chi connectivity index (χ3v) is 3.93. The van der Waals surface area contributed by atoms with Crippen molar-refractivity contribution in [2.45, 2.75) is 51.1 Å². The Balaban J connectivity index is 2.12. The van der Waals surface area contributed by atoms with Gasteiger partial charge in [0.15, 0.2) is 0 Å². The van der Waals surface area contributed by atoms with Gasteiger partial charge in [-0.1, -0.05) is 49.4 Å². The van der Waals surface area contributed by atoms with E-state index in [9.17, 15) is 9.59 Å². The molecule has 0 fully saturated rings. The van der Waals surface area contributed by atoms with Crippen LogP contribution in [0.3, 0.4) is 0 Å². The van der Waals surface area contributed by atoms with Crippen LogP contribution in [0.2, 0.25) is 0 Å². The first-order chi connectivity index (χ1) is 10.7. The number of hydrogen-bond acceptors (Lipinski definition) is 2. The molecule has 0 saturated heterocycles. The zero-order valence-corrected chi connectivity index (χ0v) is 13.0. The Labute approximate surface area is 132 Å². The van der Waals surface area contributed by atoms with Crippen molar-refractivity contribution in [3.8, 4) is 0 Å². The lowest BCUT2D eigenvalue weighted by Gasteiger charge is -2.20. The van der Waals surface area contributed by atoms with Gasteiger partial charge in [-0.05, 0) is 24.8 Å². The topological polar surface area (TPSA) is 58.2 Å². The molecule has 2 amide bonds. The maximum atomic E-state index is 12.1. The molecule has 0 spiro atoms. The Hall–Kier alpha value is -2.10. The van der Waals surface area contributed by atoms with E-state index in [1.54, 1.807) is 0 Å². The van der Waals surface area contributed by atoms with E-state index in [4.69, 9.17) is 0 Å². The van der Waals surface area contributed by atoms with E-state index in [0.29, 0.717) is 0 Å². The van der Waals surface area contributed by atoms with Gasteiger partial charge in [0.05, 0.1) is 6.04 Å². The minimum absolute atomic E-state index is 0.0347. The summed E-state index contributed by atoms with van der Waals surface area (Å²) in [4.78, 5) is 23.9. The summed E-state index contributed by atoms with van der Waals surface area (Å²) in [5.74, 6) is -0.127. The summed E-state index contributed by atoms with van der Waals surface area (Å²) in [6, 6.07) is 10.1. The number of amides is 2. The second-order valence-corrected chi connectivity index (χ2v) is 5.65. The van der Waals surface area contributed by atoms with Gasteiger partial charge in [-0.15, -0.1) is 0 Å². The van der Waals surface area contributed by atoms with E-state index in [1.807, 2.05) is 30.3 Å². The van der Waals surface area contributed by atoms with Crippen LogP contribution in [0.1, 0.15) is 50.6 Å². The lowest BCUT2D eigenvalue weighted by Crippen LogP contribution is -2.36. The van der Waals surface area contributed by atoms with E-state index < -0.39 is 0 Å². The smallest absolute Gasteiger partial charge is 0.221 e. The summed E-state index contributed by atoms with van der Waals surface area (Å²) >= 11 is 0. The van der Waals surface area contributed by atoms with Crippen molar-refractivity contribution >= 4 is 11.8 Å². The first-order valence-corrected chi connectivity index (χ1v) is 7.97. The van der Waals surface area contributed by atoms with Gasteiger partial charge in [-0.2, -0.15) is 0 Å². The molecule has 118 valence electrons. The number of benzene rings is 1. The molecule has 1 heterocycles. The lowest BCUT2D eigenvalue weighted by molar-refractivity contribution is -0.127. The molecule has 0 unspecified atom stereocenters. The SMILES string of the molecule is CC[C@@H]1C/C=C\C[C@H](c2ccccc2)NC(=O)CCC(=O)N1. The van der Waals surface area contributed by atoms with Crippen LogP contribution in [0.4, 0.5) is 0 Å². The number of carbonyl (C=O) groups excluding carboxylic acids is 2. The largest absolute Gasteiger partial charge is 0.353 e. The minimum atomic E-state index is -0.0778. The van der Waals surface area contributed by atoms with Gasteiger partial charge < -0.3 is 10.6 Å². The van der Waals surface area contributed by atoms with Crippen molar-refractivity contribution in [2.24, 2.45) is 0 Å². The monoisotopic (exact) mass is 300 g/mol. The quantitative estimate of drug-likeness (QED) is 0.825. The third-order valence-electron chi connectivity index (χ3n) is 3.93.